The van der Waals surface area contributed by atoms with E-state index in [2.05, 4.69) is 17.5 Å². The lowest BCUT2D eigenvalue weighted by Crippen LogP contribution is -2.74. The summed E-state index contributed by atoms with van der Waals surface area (Å²) < 4.78 is 37.6. The van der Waals surface area contributed by atoms with Crippen LogP contribution in [-0.4, -0.2) is 104 Å². The number of hydrogen-bond acceptors (Lipinski definition) is 17. The summed E-state index contributed by atoms with van der Waals surface area (Å²) in [7, 11) is 1.24. The number of methoxy groups -OCH3 is 1. The van der Waals surface area contributed by atoms with Gasteiger partial charge in [0.15, 0.2) is 22.7 Å². The quantitative estimate of drug-likeness (QED) is 0.0466. The number of Topliss-reactive ketones (excluding diaryl/α,β-unsaturated/α-hetero) is 1. The third kappa shape index (κ3) is 9.61. The average molecular weight is 1010 g/mol. The maximum atomic E-state index is 15.3. The van der Waals surface area contributed by atoms with Crippen LogP contribution in [0.15, 0.2) is 82.3 Å². The van der Waals surface area contributed by atoms with E-state index in [1.807, 2.05) is 73.6 Å². The zero-order valence-electron chi connectivity index (χ0n) is 43.4. The minimum Gasteiger partial charge on any atom is -0.482 e. The number of carbonyl (C=O) groups is 3. The third-order valence-corrected chi connectivity index (χ3v) is 15.0. The zero-order valence-corrected chi connectivity index (χ0v) is 43.4. The molecule has 4 heterocycles. The summed E-state index contributed by atoms with van der Waals surface area (Å²) in [5, 5.41) is 68.7. The molecule has 6 unspecified atom stereocenters. The van der Waals surface area contributed by atoms with E-state index in [1.54, 1.807) is 6.92 Å². The van der Waals surface area contributed by atoms with E-state index < -0.39 is 89.6 Å². The molecule has 0 aromatic heterocycles. The van der Waals surface area contributed by atoms with Crippen molar-refractivity contribution in [3.8, 4) is 29.1 Å². The Labute approximate surface area is 426 Å². The van der Waals surface area contributed by atoms with E-state index in [4.69, 9.17) is 34.2 Å². The highest BCUT2D eigenvalue weighted by Gasteiger charge is 2.71. The van der Waals surface area contributed by atoms with Crippen LogP contribution in [-0.2, 0) is 25.5 Å². The van der Waals surface area contributed by atoms with Crippen molar-refractivity contribution in [2.75, 3.05) is 13.7 Å². The van der Waals surface area contributed by atoms with E-state index in [9.17, 15) is 40.4 Å². The molecule has 0 amide bonds. The number of nitriles is 1. The van der Waals surface area contributed by atoms with Crippen LogP contribution in [0.5, 0.6) is 23.0 Å². The van der Waals surface area contributed by atoms with Crippen molar-refractivity contribution in [2.45, 2.75) is 142 Å². The average Bonchev–Trinajstić information content (AvgIpc) is 3.35. The standard InChI is InChI=1S/C56H69N3O14/c1-27(2)13-12-22-54(10)23-21-36-46(72-54)35(19-14-28(3)4)48-40(47(36)71-52(66)33-15-17-34(18-16-33)69-53-45(63)44(62)43(61)38(26-60)70-53)42-41-39(37(25-57)50(58)59-42)31(8)49(64)55(67,24-20-30(7)51(65)68-11)56(41,73-48)32(9)29(5)6/h13-18,20-21,23,29,31-32,38-39,43-45,53,59-63,67H,12,19,22,24,26,58H2,1-11H3/b30-20-/t31?,32?,38-,39?,43-,44+,45-,53-,54?,55?,56?/m1/s1. The molecule has 1 saturated heterocycles. The molecule has 0 spiro atoms. The Bertz CT molecular complexity index is 2770. The van der Waals surface area contributed by atoms with E-state index >= 15 is 4.79 Å². The van der Waals surface area contributed by atoms with Gasteiger partial charge in [-0.05, 0) is 103 Å². The summed E-state index contributed by atoms with van der Waals surface area (Å²) in [6.45, 7) is 18.1. The fraction of sp³-hybridized carbons (Fsp3) is 0.500. The van der Waals surface area contributed by atoms with Gasteiger partial charge in [0.25, 0.3) is 0 Å². The zero-order chi connectivity index (χ0) is 53.6. The highest BCUT2D eigenvalue weighted by Crippen LogP contribution is 2.64. The van der Waals surface area contributed by atoms with Gasteiger partial charge in [0.2, 0.25) is 6.29 Å². The molecule has 1 aliphatic carbocycles. The Balaban J connectivity index is 1.50. The molecule has 0 radical (unpaired) electrons. The van der Waals surface area contributed by atoms with Crippen LogP contribution in [0, 0.1) is 35.0 Å². The van der Waals surface area contributed by atoms with Gasteiger partial charge in [-0.1, -0.05) is 57.1 Å². The van der Waals surface area contributed by atoms with Gasteiger partial charge in [-0.25, -0.2) is 9.59 Å². The first kappa shape index (κ1) is 54.5. The number of esters is 2. The number of aliphatic hydroxyl groups is 5. The van der Waals surface area contributed by atoms with E-state index in [0.717, 1.165) is 11.1 Å². The Morgan fingerprint density at radius 2 is 1.64 bits per heavy atom. The van der Waals surface area contributed by atoms with Gasteiger partial charge >= 0.3 is 11.9 Å². The summed E-state index contributed by atoms with van der Waals surface area (Å²) in [6.07, 6.45) is 2.78. The topological polar surface area (TPSA) is 270 Å². The fourth-order valence-electron chi connectivity index (χ4n) is 10.6. The lowest BCUT2D eigenvalue weighted by atomic mass is 9.50. The molecule has 2 aromatic carbocycles. The number of ether oxygens (including phenoxy) is 6. The van der Waals surface area contributed by atoms with Crippen LogP contribution in [0.2, 0.25) is 0 Å². The van der Waals surface area contributed by atoms with Crippen LogP contribution in [0.1, 0.15) is 116 Å². The first-order valence-corrected chi connectivity index (χ1v) is 24.7. The molecule has 17 heteroatoms. The van der Waals surface area contributed by atoms with Crippen LogP contribution < -0.4 is 30.0 Å². The largest absolute Gasteiger partial charge is 0.482 e. The highest BCUT2D eigenvalue weighted by atomic mass is 16.7. The smallest absolute Gasteiger partial charge is 0.343 e. The van der Waals surface area contributed by atoms with Crippen LogP contribution in [0.4, 0.5) is 0 Å². The van der Waals surface area contributed by atoms with Crippen molar-refractivity contribution in [2.24, 2.45) is 29.4 Å². The molecule has 2 aromatic rings. The fourth-order valence-corrected chi connectivity index (χ4v) is 10.6. The number of rotatable bonds is 15. The molecule has 0 bridgehead atoms. The number of allylic oxidation sites excluding steroid dienone is 5. The number of carbonyl (C=O) groups excluding carboxylic acids is 3. The molecule has 8 N–H and O–H groups in total. The molecule has 2 fully saturated rings. The molecule has 7 rings (SSSR count). The number of fused-ring (bicyclic) bond motifs is 3. The Morgan fingerprint density at radius 3 is 2.25 bits per heavy atom. The lowest BCUT2D eigenvalue weighted by molar-refractivity contribution is -0.277. The minimum absolute atomic E-state index is 0.0116. The van der Waals surface area contributed by atoms with E-state index in [0.29, 0.717) is 35.3 Å². The maximum absolute atomic E-state index is 15.3. The van der Waals surface area contributed by atoms with Crippen LogP contribution in [0.3, 0.4) is 0 Å². The molecular formula is C56H69N3O14. The van der Waals surface area contributed by atoms with Crippen LogP contribution >= 0.6 is 0 Å². The monoisotopic (exact) mass is 1010 g/mol. The molecular weight excluding hydrogens is 939 g/mol. The predicted octanol–water partition coefficient (Wildman–Crippen LogP) is 6.01. The number of nitrogens with zero attached hydrogens (tertiary/aromatic N) is 1. The van der Waals surface area contributed by atoms with Crippen molar-refractivity contribution in [3.05, 3.63) is 105 Å². The number of nitrogens with one attached hydrogen (secondary N) is 1. The lowest BCUT2D eigenvalue weighted by Gasteiger charge is -2.60. The van der Waals surface area contributed by atoms with Crippen LogP contribution in [0.25, 0.3) is 11.8 Å². The number of nitrogens with two attached hydrogens (primary N) is 1. The van der Waals surface area contributed by atoms with Gasteiger partial charge in [0.05, 0.1) is 47.7 Å². The second-order valence-electron chi connectivity index (χ2n) is 20.8. The van der Waals surface area contributed by atoms with Gasteiger partial charge < -0.3 is 65.0 Å². The molecule has 392 valence electrons. The van der Waals surface area contributed by atoms with Crippen molar-refractivity contribution < 1.29 is 68.3 Å². The Kier molecular flexibility index (Phi) is 15.6. The minimum atomic E-state index is -2.39. The normalized spacial score (nSPS) is 29.6. The molecule has 17 nitrogen and oxygen atoms in total. The van der Waals surface area contributed by atoms with Gasteiger partial charge in [0.1, 0.15) is 53.1 Å². The number of dihydropyridines is 1. The molecule has 5 aliphatic rings. The first-order valence-electron chi connectivity index (χ1n) is 24.7. The van der Waals surface area contributed by atoms with E-state index in [1.165, 1.54) is 44.4 Å². The molecule has 1 saturated carbocycles. The molecule has 73 heavy (non-hydrogen) atoms. The predicted molar refractivity (Wildman–Crippen MR) is 269 cm³/mol. The highest BCUT2D eigenvalue weighted by molar-refractivity contribution is 6.01. The number of ketones is 1. The number of hydrogen-bond donors (Lipinski definition) is 7. The summed E-state index contributed by atoms with van der Waals surface area (Å²) >= 11 is 0. The van der Waals surface area contributed by atoms with Crippen molar-refractivity contribution in [3.63, 3.8) is 0 Å². The Hall–Kier alpha value is -6.26. The van der Waals surface area contributed by atoms with Crippen molar-refractivity contribution >= 4 is 29.5 Å². The second-order valence-corrected chi connectivity index (χ2v) is 20.8. The summed E-state index contributed by atoms with van der Waals surface area (Å²) in [5.74, 6) is -4.70. The van der Waals surface area contributed by atoms with Gasteiger partial charge in [0, 0.05) is 40.9 Å². The third-order valence-electron chi connectivity index (χ3n) is 15.0. The maximum Gasteiger partial charge on any atom is 0.343 e. The van der Waals surface area contributed by atoms with Crippen molar-refractivity contribution in [1.82, 2.24) is 5.32 Å². The number of aliphatic hydroxyl groups excluding tert-OH is 4. The number of benzene rings is 2. The van der Waals surface area contributed by atoms with E-state index in [-0.39, 0.29) is 69.8 Å². The van der Waals surface area contributed by atoms with Gasteiger partial charge in [-0.15, -0.1) is 0 Å². The summed E-state index contributed by atoms with van der Waals surface area (Å²) in [4.78, 5) is 42.9. The second kappa shape index (κ2) is 20.9. The van der Waals surface area contributed by atoms with Gasteiger partial charge in [-0.2, -0.15) is 5.26 Å². The van der Waals surface area contributed by atoms with Gasteiger partial charge in [-0.3, -0.25) is 4.79 Å². The summed E-state index contributed by atoms with van der Waals surface area (Å²) in [6, 6.07) is 7.90. The Morgan fingerprint density at radius 1 is 0.973 bits per heavy atom. The SMILES string of the molecule is COC(=O)/C(C)=C\CC1(O)C(=O)C(C)C2C(C#N)=C(N)NC3=C2C1(C(C)C(C)C)Oc1c(CC=C(C)C)c2c(c(OC(=O)c4ccc(O[C@@H]5O[C@H](CO)[C@@H](O)[C@H](O)[C@H]5O)cc4)c13)C=CC(C)(CCC=C(C)C)O2. The summed E-state index contributed by atoms with van der Waals surface area (Å²) in [5.41, 5.74) is 5.65. The first-order chi connectivity index (χ1) is 34.4. The van der Waals surface area contributed by atoms with Crippen molar-refractivity contribution in [1.29, 1.82) is 5.26 Å². The molecule has 4 aliphatic heterocycles. The molecule has 11 atom stereocenters.